The maximum Gasteiger partial charge on any atom is 0.259 e. The van der Waals surface area contributed by atoms with Crippen LogP contribution in [-0.4, -0.2) is 46.3 Å². The van der Waals surface area contributed by atoms with Gasteiger partial charge < -0.3 is 14.8 Å². The molecule has 1 N–H and O–H groups in total. The molecule has 0 aliphatic carbocycles. The summed E-state index contributed by atoms with van der Waals surface area (Å²) in [5, 5.41) is -0.0128. The first-order valence-electron chi connectivity index (χ1n) is 7.36. The van der Waals surface area contributed by atoms with Crippen LogP contribution in [-0.2, 0) is 4.79 Å². The Bertz CT molecular complexity index is 850. The zero-order valence-corrected chi connectivity index (χ0v) is 13.7. The fraction of sp³-hybridized carbons (Fsp3) is 0.250. The van der Waals surface area contributed by atoms with Crippen molar-refractivity contribution in [2.45, 2.75) is 6.92 Å². The van der Waals surface area contributed by atoms with Crippen LogP contribution < -0.4 is 10.3 Å². The molecule has 2 aromatic rings. The van der Waals surface area contributed by atoms with Crippen molar-refractivity contribution < 1.29 is 9.59 Å². The van der Waals surface area contributed by atoms with Crippen molar-refractivity contribution >= 4 is 29.1 Å². The van der Waals surface area contributed by atoms with Crippen LogP contribution in [0.3, 0.4) is 0 Å². The monoisotopic (exact) mass is 346 g/mol. The number of aryl methyl sites for hydroxylation is 1. The van der Waals surface area contributed by atoms with Crippen molar-refractivity contribution in [2.75, 3.05) is 24.5 Å². The van der Waals surface area contributed by atoms with Gasteiger partial charge in [0.15, 0.2) is 0 Å². The number of nitrogens with one attached hydrogen (secondary N) is 1. The van der Waals surface area contributed by atoms with Gasteiger partial charge in [-0.1, -0.05) is 11.6 Å². The van der Waals surface area contributed by atoms with E-state index in [0.717, 1.165) is 0 Å². The van der Waals surface area contributed by atoms with Crippen molar-refractivity contribution in [2.24, 2.45) is 0 Å². The van der Waals surface area contributed by atoms with Crippen LogP contribution in [0.5, 0.6) is 0 Å². The molecule has 124 valence electrons. The van der Waals surface area contributed by atoms with Gasteiger partial charge in [0.1, 0.15) is 17.1 Å². The lowest BCUT2D eigenvalue weighted by molar-refractivity contribution is -0.120. The Morgan fingerprint density at radius 2 is 2.12 bits per heavy atom. The summed E-state index contributed by atoms with van der Waals surface area (Å²) in [6, 6.07) is 3.53. The number of carbonyl (C=O) groups excluding carboxylic acids is 2. The van der Waals surface area contributed by atoms with Gasteiger partial charge in [-0.25, -0.2) is 0 Å². The molecule has 1 fully saturated rings. The van der Waals surface area contributed by atoms with Crippen molar-refractivity contribution in [3.63, 3.8) is 0 Å². The third-order valence-electron chi connectivity index (χ3n) is 3.90. The lowest BCUT2D eigenvalue weighted by atomic mass is 10.2. The second-order valence-corrected chi connectivity index (χ2v) is 5.83. The summed E-state index contributed by atoms with van der Waals surface area (Å²) in [6.07, 6.45) is 4.56. The summed E-state index contributed by atoms with van der Waals surface area (Å²) >= 11 is 5.90. The molecule has 1 aliphatic rings. The van der Waals surface area contributed by atoms with Gasteiger partial charge in [0.2, 0.25) is 11.3 Å². The van der Waals surface area contributed by atoms with Gasteiger partial charge in [0, 0.05) is 31.2 Å². The van der Waals surface area contributed by atoms with E-state index in [4.69, 9.17) is 11.6 Å². The number of aromatic nitrogens is 2. The molecule has 0 spiro atoms. The minimum absolute atomic E-state index is 0.0128. The second kappa shape index (κ2) is 6.45. The predicted octanol–water partition coefficient (Wildman–Crippen LogP) is 1.22. The molecule has 2 aromatic heterocycles. The van der Waals surface area contributed by atoms with E-state index in [9.17, 15) is 14.4 Å². The molecule has 24 heavy (non-hydrogen) atoms. The topological polar surface area (TPSA) is 86.4 Å². The van der Waals surface area contributed by atoms with Crippen molar-refractivity contribution in [1.82, 2.24) is 14.9 Å². The highest BCUT2D eigenvalue weighted by Gasteiger charge is 2.30. The highest BCUT2D eigenvalue weighted by molar-refractivity contribution is 6.31. The molecule has 0 atom stereocenters. The number of carbonyl (C=O) groups is 2. The maximum atomic E-state index is 12.5. The molecule has 0 unspecified atom stereocenters. The average molecular weight is 347 g/mol. The number of anilines is 1. The van der Waals surface area contributed by atoms with Gasteiger partial charge in [-0.2, -0.15) is 0 Å². The zero-order chi connectivity index (χ0) is 17.3. The Morgan fingerprint density at radius 1 is 1.33 bits per heavy atom. The predicted molar refractivity (Wildman–Crippen MR) is 89.3 cm³/mol. The summed E-state index contributed by atoms with van der Waals surface area (Å²) in [4.78, 5) is 46.7. The van der Waals surface area contributed by atoms with Crippen molar-refractivity contribution in [3.05, 3.63) is 57.2 Å². The largest absolute Gasteiger partial charge is 0.363 e. The van der Waals surface area contributed by atoms with Crippen molar-refractivity contribution in [1.29, 1.82) is 0 Å². The van der Waals surface area contributed by atoms with E-state index in [1.165, 1.54) is 11.1 Å². The van der Waals surface area contributed by atoms with Crippen LogP contribution in [0.15, 0.2) is 35.5 Å². The molecule has 0 bridgehead atoms. The first-order valence-corrected chi connectivity index (χ1v) is 7.74. The second-order valence-electron chi connectivity index (χ2n) is 5.45. The Kier molecular flexibility index (Phi) is 4.35. The molecule has 3 rings (SSSR count). The molecule has 1 saturated heterocycles. The third kappa shape index (κ3) is 2.90. The molecule has 0 saturated carbocycles. The maximum absolute atomic E-state index is 12.5. The first-order chi connectivity index (χ1) is 11.5. The lowest BCUT2D eigenvalue weighted by Crippen LogP contribution is -2.53. The SMILES string of the molecule is Cc1[nH]cc(C(=O)N2CCN(c3cccnc3)C(=O)C2)c(=O)c1Cl. The molecule has 7 nitrogen and oxygen atoms in total. The van der Waals surface area contributed by atoms with Gasteiger partial charge in [-0.05, 0) is 19.1 Å². The van der Waals surface area contributed by atoms with Crippen LogP contribution in [0.4, 0.5) is 5.69 Å². The smallest absolute Gasteiger partial charge is 0.259 e. The number of hydrogen-bond donors (Lipinski definition) is 1. The Labute approximate surface area is 142 Å². The van der Waals surface area contributed by atoms with E-state index >= 15 is 0 Å². The molecular weight excluding hydrogens is 332 g/mol. The third-order valence-corrected chi connectivity index (χ3v) is 4.36. The fourth-order valence-electron chi connectivity index (χ4n) is 2.56. The summed E-state index contributed by atoms with van der Waals surface area (Å²) in [7, 11) is 0. The Morgan fingerprint density at radius 3 is 2.79 bits per heavy atom. The Hall–Kier alpha value is -2.67. The van der Waals surface area contributed by atoms with Crippen molar-refractivity contribution in [3.8, 4) is 0 Å². The van der Waals surface area contributed by atoms with Crippen LogP contribution in [0.2, 0.25) is 5.02 Å². The molecular formula is C16H15ClN4O3. The normalized spacial score (nSPS) is 14.8. The number of rotatable bonds is 2. The van der Waals surface area contributed by atoms with E-state index in [1.54, 1.807) is 36.4 Å². The van der Waals surface area contributed by atoms with E-state index in [2.05, 4.69) is 9.97 Å². The fourth-order valence-corrected chi connectivity index (χ4v) is 2.72. The van der Waals surface area contributed by atoms with E-state index in [0.29, 0.717) is 24.5 Å². The summed E-state index contributed by atoms with van der Waals surface area (Å²) in [5.74, 6) is -0.727. The highest BCUT2D eigenvalue weighted by Crippen LogP contribution is 2.17. The number of hydrogen-bond acceptors (Lipinski definition) is 4. The number of nitrogens with zero attached hydrogens (tertiary/aromatic N) is 3. The summed E-state index contributed by atoms with van der Waals surface area (Å²) in [5.41, 5.74) is 0.592. The van der Waals surface area contributed by atoms with Crippen LogP contribution >= 0.6 is 11.6 Å². The standard InChI is InChI=1S/C16H15ClN4O3/c1-10-14(17)15(23)12(8-19-10)16(24)20-5-6-21(13(22)9-20)11-3-2-4-18-7-11/h2-4,7-8H,5-6,9H2,1H3,(H,19,23). The minimum atomic E-state index is -0.528. The number of aromatic amines is 1. The number of pyridine rings is 2. The molecule has 1 aliphatic heterocycles. The number of amides is 2. The number of halogens is 1. The highest BCUT2D eigenvalue weighted by atomic mass is 35.5. The van der Waals surface area contributed by atoms with Gasteiger partial charge in [0.25, 0.3) is 5.91 Å². The molecule has 8 heteroatoms. The van der Waals surface area contributed by atoms with Crippen LogP contribution in [0.25, 0.3) is 0 Å². The summed E-state index contributed by atoms with van der Waals surface area (Å²) in [6.45, 7) is 2.21. The quantitative estimate of drug-likeness (QED) is 0.885. The van der Waals surface area contributed by atoms with E-state index < -0.39 is 11.3 Å². The van der Waals surface area contributed by atoms with Gasteiger partial charge >= 0.3 is 0 Å². The molecule has 0 aromatic carbocycles. The van der Waals surface area contributed by atoms with Gasteiger partial charge in [-0.15, -0.1) is 0 Å². The molecule has 3 heterocycles. The lowest BCUT2D eigenvalue weighted by Gasteiger charge is -2.34. The van der Waals surface area contributed by atoms with Gasteiger partial charge in [-0.3, -0.25) is 19.4 Å². The number of H-pyrrole nitrogens is 1. The van der Waals surface area contributed by atoms with E-state index in [-0.39, 0.29) is 23.0 Å². The van der Waals surface area contributed by atoms with Crippen LogP contribution in [0, 0.1) is 6.92 Å². The van der Waals surface area contributed by atoms with E-state index in [1.807, 2.05) is 0 Å². The summed E-state index contributed by atoms with van der Waals surface area (Å²) < 4.78 is 0. The molecule has 2 amide bonds. The Balaban J connectivity index is 1.79. The molecule has 0 radical (unpaired) electrons. The number of piperazine rings is 1. The average Bonchev–Trinajstić information content (AvgIpc) is 2.60. The zero-order valence-electron chi connectivity index (χ0n) is 13.0. The van der Waals surface area contributed by atoms with Crippen LogP contribution in [0.1, 0.15) is 16.1 Å². The first kappa shape index (κ1) is 16.2. The minimum Gasteiger partial charge on any atom is -0.363 e. The van der Waals surface area contributed by atoms with Gasteiger partial charge in [0.05, 0.1) is 11.9 Å².